The van der Waals surface area contributed by atoms with Crippen LogP contribution >= 0.6 is 0 Å². The Balaban J connectivity index is 2.01. The molecule has 0 aromatic carbocycles. The van der Waals surface area contributed by atoms with Crippen LogP contribution in [0.3, 0.4) is 0 Å². The fraction of sp³-hybridized carbons (Fsp3) is 1.00. The molecule has 0 aromatic rings. The lowest BCUT2D eigenvalue weighted by molar-refractivity contribution is -0.0907. The van der Waals surface area contributed by atoms with Crippen LogP contribution in [0.25, 0.3) is 0 Å². The van der Waals surface area contributed by atoms with Gasteiger partial charge in [0.25, 0.3) is 0 Å². The van der Waals surface area contributed by atoms with E-state index in [9.17, 15) is 0 Å². The molecule has 0 saturated carbocycles. The quantitative estimate of drug-likeness (QED) is 0.533. The number of hydrogen-bond acceptors (Lipinski definition) is 3. The molecular formula is C6H10O3. The van der Waals surface area contributed by atoms with Gasteiger partial charge in [-0.25, -0.2) is 0 Å². The molecule has 2 aliphatic rings. The minimum atomic E-state index is -0.0876. The van der Waals surface area contributed by atoms with Gasteiger partial charge < -0.3 is 14.6 Å². The number of aliphatic hydroxyl groups is 1. The number of ether oxygens (including phenoxy) is 2. The van der Waals surface area contributed by atoms with E-state index in [-0.39, 0.29) is 12.4 Å². The Bertz CT molecular complexity index is 130. The highest BCUT2D eigenvalue weighted by Gasteiger charge is 2.40. The molecule has 0 radical (unpaired) electrons. The lowest BCUT2D eigenvalue weighted by Gasteiger charge is -2.06. The molecule has 2 saturated heterocycles. The van der Waals surface area contributed by atoms with E-state index in [0.29, 0.717) is 12.5 Å². The molecule has 3 nitrogen and oxygen atoms in total. The standard InChI is InChI=1S/C6H10O3/c7-5-3-9-6-4(5)1-2-8-6/h4-7H,1-3H2/i7D. The second kappa shape index (κ2) is 1.94. The first-order valence-corrected chi connectivity index (χ1v) is 3.27. The van der Waals surface area contributed by atoms with Crippen molar-refractivity contribution in [2.45, 2.75) is 18.8 Å². The van der Waals surface area contributed by atoms with Gasteiger partial charge in [0.1, 0.15) is 0 Å². The monoisotopic (exact) mass is 131 g/mol. The van der Waals surface area contributed by atoms with Crippen molar-refractivity contribution in [1.29, 1.82) is 1.43 Å². The summed E-state index contributed by atoms with van der Waals surface area (Å²) < 4.78 is 17.2. The molecule has 0 bridgehead atoms. The van der Waals surface area contributed by atoms with E-state index in [1.165, 1.54) is 0 Å². The first-order chi connectivity index (χ1) is 4.92. The van der Waals surface area contributed by atoms with Gasteiger partial charge in [0, 0.05) is 5.92 Å². The van der Waals surface area contributed by atoms with Crippen LogP contribution in [0.4, 0.5) is 0 Å². The molecule has 0 aromatic heterocycles. The lowest BCUT2D eigenvalue weighted by atomic mass is 10.0. The Labute approximate surface area is 55.1 Å². The zero-order chi connectivity index (χ0) is 6.97. The topological polar surface area (TPSA) is 38.7 Å². The molecule has 0 spiro atoms. The van der Waals surface area contributed by atoms with Crippen molar-refractivity contribution in [3.05, 3.63) is 0 Å². The van der Waals surface area contributed by atoms with Gasteiger partial charge >= 0.3 is 0 Å². The molecule has 9 heavy (non-hydrogen) atoms. The first-order valence-electron chi connectivity index (χ1n) is 3.68. The van der Waals surface area contributed by atoms with Gasteiger partial charge in [-0.3, -0.25) is 0 Å². The number of hydrogen-bond donors (Lipinski definition) is 1. The summed E-state index contributed by atoms with van der Waals surface area (Å²) in [5, 5.41) is 4.47. The molecule has 2 aliphatic heterocycles. The second-order valence-electron chi connectivity index (χ2n) is 2.56. The second-order valence-corrected chi connectivity index (χ2v) is 2.56. The summed E-state index contributed by atoms with van der Waals surface area (Å²) in [5.74, 6) is 0.303. The molecule has 0 aliphatic carbocycles. The normalized spacial score (nSPS) is 51.1. The number of fused-ring (bicyclic) bond motifs is 1. The molecule has 2 heterocycles. The Morgan fingerprint density at radius 2 is 2.56 bits per heavy atom. The zero-order valence-electron chi connectivity index (χ0n) is 6.08. The van der Waals surface area contributed by atoms with Gasteiger partial charge in [-0.15, -0.1) is 0 Å². The summed E-state index contributed by atoms with van der Waals surface area (Å²) >= 11 is 0. The van der Waals surface area contributed by atoms with Crippen molar-refractivity contribution in [3.63, 3.8) is 0 Å². The highest BCUT2D eigenvalue weighted by atomic mass is 16.7. The van der Waals surface area contributed by atoms with Gasteiger partial charge in [0.2, 0.25) is 1.43 Å². The fourth-order valence-corrected chi connectivity index (χ4v) is 1.43. The fourth-order valence-electron chi connectivity index (χ4n) is 1.43. The average molecular weight is 131 g/mol. The zero-order valence-corrected chi connectivity index (χ0v) is 5.08. The van der Waals surface area contributed by atoms with Crippen LogP contribution in [0.5, 0.6) is 0 Å². The highest BCUT2D eigenvalue weighted by molar-refractivity contribution is 4.81. The molecule has 3 heteroatoms. The summed E-state index contributed by atoms with van der Waals surface area (Å²) in [5.41, 5.74) is 0. The minimum absolute atomic E-state index is 0.0625. The molecule has 52 valence electrons. The first kappa shape index (κ1) is 4.66. The van der Waals surface area contributed by atoms with E-state index >= 15 is 0 Å². The SMILES string of the molecule is [2H]OC1COC2OCCC12. The smallest absolute Gasteiger partial charge is 0.211 e. The highest BCUT2D eigenvalue weighted by Crippen LogP contribution is 2.30. The summed E-state index contributed by atoms with van der Waals surface area (Å²) in [4.78, 5) is 0. The van der Waals surface area contributed by atoms with E-state index in [1.54, 1.807) is 0 Å². The van der Waals surface area contributed by atoms with Crippen LogP contribution in [0.15, 0.2) is 0 Å². The predicted octanol–water partition coefficient (Wildman–Crippen LogP) is -0.260. The van der Waals surface area contributed by atoms with Crippen LogP contribution in [-0.2, 0) is 9.47 Å². The van der Waals surface area contributed by atoms with E-state index in [4.69, 9.17) is 10.9 Å². The van der Waals surface area contributed by atoms with E-state index in [1.807, 2.05) is 0 Å². The molecule has 3 unspecified atom stereocenters. The molecule has 1 N–H and O–H groups in total. The third-order valence-electron chi connectivity index (χ3n) is 1.99. The van der Waals surface area contributed by atoms with Gasteiger partial charge in [0.05, 0.1) is 19.3 Å². The number of aliphatic hydroxyl groups excluding tert-OH is 1. The largest absolute Gasteiger partial charge is 0.390 e. The summed E-state index contributed by atoms with van der Waals surface area (Å²) in [6.07, 6.45) is 0.816. The van der Waals surface area contributed by atoms with Crippen molar-refractivity contribution < 1.29 is 14.6 Å². The third-order valence-corrected chi connectivity index (χ3v) is 1.99. The van der Waals surface area contributed by atoms with Crippen molar-refractivity contribution in [3.8, 4) is 0 Å². The average Bonchev–Trinajstić information content (AvgIpc) is 2.44. The predicted molar refractivity (Wildman–Crippen MR) is 29.8 cm³/mol. The number of rotatable bonds is 1. The van der Waals surface area contributed by atoms with E-state index in [0.717, 1.165) is 13.0 Å². The Morgan fingerprint density at radius 3 is 3.44 bits per heavy atom. The molecule has 3 atom stereocenters. The van der Waals surface area contributed by atoms with Crippen molar-refractivity contribution in [1.82, 2.24) is 0 Å². The molecule has 2 rings (SSSR count). The van der Waals surface area contributed by atoms with Crippen LogP contribution in [0.1, 0.15) is 6.42 Å². The van der Waals surface area contributed by atoms with Crippen molar-refractivity contribution in [2.75, 3.05) is 13.2 Å². The maximum Gasteiger partial charge on any atom is 0.211 e. The summed E-state index contributed by atoms with van der Waals surface area (Å²) in [6.45, 7) is 1.26. The molecule has 2 fully saturated rings. The maximum atomic E-state index is 6.72. The van der Waals surface area contributed by atoms with E-state index < -0.39 is 0 Å². The van der Waals surface area contributed by atoms with Crippen LogP contribution in [-0.4, -0.2) is 32.1 Å². The molecule has 0 amide bonds. The van der Waals surface area contributed by atoms with Crippen molar-refractivity contribution >= 4 is 0 Å². The molecular weight excluding hydrogens is 120 g/mol. The lowest BCUT2D eigenvalue weighted by Crippen LogP contribution is -2.18. The minimum Gasteiger partial charge on any atom is -0.390 e. The van der Waals surface area contributed by atoms with Gasteiger partial charge in [-0.2, -0.15) is 0 Å². The Kier molecular flexibility index (Phi) is 1.00. The third kappa shape index (κ3) is 0.764. The van der Waals surface area contributed by atoms with Gasteiger partial charge in [0.15, 0.2) is 6.29 Å². The van der Waals surface area contributed by atoms with Crippen LogP contribution < -0.4 is 0 Å². The van der Waals surface area contributed by atoms with Crippen molar-refractivity contribution in [2.24, 2.45) is 5.92 Å². The van der Waals surface area contributed by atoms with Gasteiger partial charge in [-0.1, -0.05) is 0 Å². The Hall–Kier alpha value is -0.120. The van der Waals surface area contributed by atoms with Crippen LogP contribution in [0.2, 0.25) is 0 Å². The van der Waals surface area contributed by atoms with Crippen LogP contribution in [0, 0.1) is 5.92 Å². The maximum absolute atomic E-state index is 6.72. The van der Waals surface area contributed by atoms with Gasteiger partial charge in [-0.05, 0) is 6.42 Å². The summed E-state index contributed by atoms with van der Waals surface area (Å²) in [7, 11) is 0. The van der Waals surface area contributed by atoms with E-state index in [2.05, 4.69) is 5.11 Å². The summed E-state index contributed by atoms with van der Waals surface area (Å²) in [6, 6.07) is 0. The Morgan fingerprint density at radius 1 is 1.56 bits per heavy atom.